The van der Waals surface area contributed by atoms with Crippen LogP contribution in [0.4, 0.5) is 5.69 Å². The molecule has 0 bridgehead atoms. The number of hydrogen-bond acceptors (Lipinski definition) is 4. The van der Waals surface area contributed by atoms with Crippen LogP contribution in [-0.4, -0.2) is 9.78 Å². The number of nitrogen functional groups attached to an aromatic ring is 1. The van der Waals surface area contributed by atoms with Gasteiger partial charge in [-0.25, -0.2) is 0 Å². The molecule has 0 saturated carbocycles. The van der Waals surface area contributed by atoms with Gasteiger partial charge in [-0.15, -0.1) is 0 Å². The second-order valence-corrected chi connectivity index (χ2v) is 4.41. The van der Waals surface area contributed by atoms with E-state index >= 15 is 0 Å². The number of aryl methyl sites for hydroxylation is 2. The van der Waals surface area contributed by atoms with Crippen LogP contribution in [0, 0.1) is 0 Å². The SMILES string of the molecule is Cn1cc(CCC(NN)c2ccccc2N)cn1. The Morgan fingerprint density at radius 2 is 2.17 bits per heavy atom. The van der Waals surface area contributed by atoms with Crippen molar-refractivity contribution in [1.29, 1.82) is 0 Å². The monoisotopic (exact) mass is 245 g/mol. The van der Waals surface area contributed by atoms with Crippen LogP contribution in [0.2, 0.25) is 0 Å². The maximum atomic E-state index is 5.96. The van der Waals surface area contributed by atoms with E-state index in [1.54, 1.807) is 4.68 Å². The molecule has 0 amide bonds. The van der Waals surface area contributed by atoms with Gasteiger partial charge >= 0.3 is 0 Å². The summed E-state index contributed by atoms with van der Waals surface area (Å²) in [5.41, 5.74) is 11.8. The van der Waals surface area contributed by atoms with E-state index in [2.05, 4.69) is 10.5 Å². The minimum absolute atomic E-state index is 0.0615. The molecule has 5 N–H and O–H groups in total. The van der Waals surface area contributed by atoms with Gasteiger partial charge in [-0.1, -0.05) is 18.2 Å². The van der Waals surface area contributed by atoms with E-state index < -0.39 is 0 Å². The highest BCUT2D eigenvalue weighted by molar-refractivity contribution is 5.48. The van der Waals surface area contributed by atoms with Crippen molar-refractivity contribution in [2.24, 2.45) is 12.9 Å². The lowest BCUT2D eigenvalue weighted by molar-refractivity contribution is 0.517. The van der Waals surface area contributed by atoms with Crippen LogP contribution in [0.15, 0.2) is 36.7 Å². The minimum Gasteiger partial charge on any atom is -0.398 e. The largest absolute Gasteiger partial charge is 0.398 e. The smallest absolute Gasteiger partial charge is 0.0521 e. The van der Waals surface area contributed by atoms with Crippen LogP contribution in [0.25, 0.3) is 0 Å². The van der Waals surface area contributed by atoms with Crippen molar-refractivity contribution in [1.82, 2.24) is 15.2 Å². The molecule has 1 atom stereocenters. The molecule has 5 heteroatoms. The van der Waals surface area contributed by atoms with Crippen LogP contribution in [0.3, 0.4) is 0 Å². The summed E-state index contributed by atoms with van der Waals surface area (Å²) in [6.45, 7) is 0. The van der Waals surface area contributed by atoms with Gasteiger partial charge in [-0.3, -0.25) is 16.0 Å². The maximum Gasteiger partial charge on any atom is 0.0521 e. The van der Waals surface area contributed by atoms with E-state index in [4.69, 9.17) is 11.6 Å². The third-order valence-corrected chi connectivity index (χ3v) is 3.05. The first kappa shape index (κ1) is 12.6. The quantitative estimate of drug-likeness (QED) is 0.419. The van der Waals surface area contributed by atoms with Gasteiger partial charge in [0.2, 0.25) is 0 Å². The van der Waals surface area contributed by atoms with Gasteiger partial charge in [0, 0.05) is 25.0 Å². The number of hydrogen-bond donors (Lipinski definition) is 3. The van der Waals surface area contributed by atoms with Crippen LogP contribution in [0.1, 0.15) is 23.6 Å². The predicted octanol–water partition coefficient (Wildman–Crippen LogP) is 1.14. The lowest BCUT2D eigenvalue weighted by atomic mass is 9.99. The Kier molecular flexibility index (Phi) is 3.96. The Morgan fingerprint density at radius 3 is 2.78 bits per heavy atom. The van der Waals surface area contributed by atoms with E-state index in [1.807, 2.05) is 43.7 Å². The molecule has 1 heterocycles. The van der Waals surface area contributed by atoms with Crippen molar-refractivity contribution in [2.45, 2.75) is 18.9 Å². The lowest BCUT2D eigenvalue weighted by Gasteiger charge is -2.17. The van der Waals surface area contributed by atoms with E-state index in [0.29, 0.717) is 0 Å². The highest BCUT2D eigenvalue weighted by Crippen LogP contribution is 2.23. The number of para-hydroxylation sites is 1. The average molecular weight is 245 g/mol. The second-order valence-electron chi connectivity index (χ2n) is 4.41. The number of benzene rings is 1. The maximum absolute atomic E-state index is 5.96. The predicted molar refractivity (Wildman–Crippen MR) is 72.4 cm³/mol. The molecule has 2 rings (SSSR count). The number of nitrogens with two attached hydrogens (primary N) is 2. The first-order valence-corrected chi connectivity index (χ1v) is 5.98. The van der Waals surface area contributed by atoms with Crippen LogP contribution < -0.4 is 17.0 Å². The third-order valence-electron chi connectivity index (χ3n) is 3.05. The summed E-state index contributed by atoms with van der Waals surface area (Å²) in [5, 5.41) is 4.15. The van der Waals surface area contributed by atoms with Gasteiger partial charge in [-0.2, -0.15) is 5.10 Å². The minimum atomic E-state index is 0.0615. The van der Waals surface area contributed by atoms with Gasteiger partial charge in [0.25, 0.3) is 0 Å². The van der Waals surface area contributed by atoms with E-state index in [9.17, 15) is 0 Å². The molecular weight excluding hydrogens is 226 g/mol. The third kappa shape index (κ3) is 2.88. The lowest BCUT2D eigenvalue weighted by Crippen LogP contribution is -2.29. The topological polar surface area (TPSA) is 81.9 Å². The van der Waals surface area contributed by atoms with Gasteiger partial charge in [0.15, 0.2) is 0 Å². The molecule has 1 aromatic carbocycles. The molecule has 0 aliphatic carbocycles. The Hall–Kier alpha value is -1.85. The molecule has 1 aromatic heterocycles. The van der Waals surface area contributed by atoms with Crippen molar-refractivity contribution in [3.8, 4) is 0 Å². The zero-order valence-electron chi connectivity index (χ0n) is 10.5. The number of anilines is 1. The Labute approximate surface area is 107 Å². The summed E-state index contributed by atoms with van der Waals surface area (Å²) in [7, 11) is 1.91. The summed E-state index contributed by atoms with van der Waals surface area (Å²) in [5.74, 6) is 5.62. The van der Waals surface area contributed by atoms with Crippen molar-refractivity contribution in [2.75, 3.05) is 5.73 Å². The first-order chi connectivity index (χ1) is 8.70. The molecule has 1 unspecified atom stereocenters. The summed E-state index contributed by atoms with van der Waals surface area (Å²) < 4.78 is 1.80. The second kappa shape index (κ2) is 5.66. The number of hydrazine groups is 1. The average Bonchev–Trinajstić information content (AvgIpc) is 2.78. The van der Waals surface area contributed by atoms with Crippen LogP contribution in [0.5, 0.6) is 0 Å². The van der Waals surface area contributed by atoms with Gasteiger partial charge in [-0.05, 0) is 30.0 Å². The van der Waals surface area contributed by atoms with Crippen molar-refractivity contribution in [3.63, 3.8) is 0 Å². The number of nitrogens with zero attached hydrogens (tertiary/aromatic N) is 2. The van der Waals surface area contributed by atoms with E-state index in [-0.39, 0.29) is 6.04 Å². The fourth-order valence-electron chi connectivity index (χ4n) is 2.07. The molecule has 0 saturated heterocycles. The zero-order valence-corrected chi connectivity index (χ0v) is 10.5. The summed E-state index contributed by atoms with van der Waals surface area (Å²) in [4.78, 5) is 0. The number of nitrogens with one attached hydrogen (secondary N) is 1. The Morgan fingerprint density at radius 1 is 1.39 bits per heavy atom. The van der Waals surface area contributed by atoms with Crippen LogP contribution >= 0.6 is 0 Å². The molecule has 18 heavy (non-hydrogen) atoms. The highest BCUT2D eigenvalue weighted by atomic mass is 15.2. The molecule has 0 spiro atoms. The Balaban J connectivity index is 2.04. The van der Waals surface area contributed by atoms with Crippen LogP contribution in [-0.2, 0) is 13.5 Å². The van der Waals surface area contributed by atoms with Crippen molar-refractivity contribution >= 4 is 5.69 Å². The molecule has 0 fully saturated rings. The molecule has 2 aromatic rings. The van der Waals surface area contributed by atoms with Gasteiger partial charge in [0.1, 0.15) is 0 Å². The highest BCUT2D eigenvalue weighted by Gasteiger charge is 2.12. The molecule has 96 valence electrons. The number of rotatable bonds is 5. The van der Waals surface area contributed by atoms with E-state index in [1.165, 1.54) is 5.56 Å². The normalized spacial score (nSPS) is 12.6. The Bertz CT molecular complexity index is 506. The summed E-state index contributed by atoms with van der Waals surface area (Å²) in [6, 6.07) is 7.85. The molecule has 0 radical (unpaired) electrons. The zero-order chi connectivity index (χ0) is 13.0. The van der Waals surface area contributed by atoms with Crippen molar-refractivity contribution < 1.29 is 0 Å². The van der Waals surface area contributed by atoms with E-state index in [0.717, 1.165) is 24.1 Å². The summed E-state index contributed by atoms with van der Waals surface area (Å²) in [6.07, 6.45) is 5.69. The molecule has 0 aliphatic heterocycles. The standard InChI is InChI=1S/C13H19N5/c1-18-9-10(8-16-18)6-7-13(17-15)11-4-2-3-5-12(11)14/h2-5,8-9,13,17H,6-7,14-15H2,1H3. The van der Waals surface area contributed by atoms with Gasteiger partial charge < -0.3 is 5.73 Å². The molecule has 0 aliphatic rings. The molecule has 5 nitrogen and oxygen atoms in total. The molecular formula is C13H19N5. The summed E-state index contributed by atoms with van der Waals surface area (Å²) >= 11 is 0. The number of aromatic nitrogens is 2. The first-order valence-electron chi connectivity index (χ1n) is 5.98. The van der Waals surface area contributed by atoms with Crippen molar-refractivity contribution in [3.05, 3.63) is 47.8 Å². The van der Waals surface area contributed by atoms with Gasteiger partial charge in [0.05, 0.1) is 6.20 Å². The fourth-order valence-corrected chi connectivity index (χ4v) is 2.07. The fraction of sp³-hybridized carbons (Fsp3) is 0.308.